The molecule has 0 aliphatic heterocycles. The van der Waals surface area contributed by atoms with Gasteiger partial charge >= 0.3 is 11.9 Å². The van der Waals surface area contributed by atoms with E-state index in [-0.39, 0.29) is 24.1 Å². The lowest BCUT2D eigenvalue weighted by atomic mass is 9.87. The van der Waals surface area contributed by atoms with E-state index in [0.717, 1.165) is 94.5 Å². The number of carbonyl (C=O) groups is 2. The minimum atomic E-state index is -0.233. The van der Waals surface area contributed by atoms with E-state index in [9.17, 15) is 9.59 Å². The highest BCUT2D eigenvalue weighted by Crippen LogP contribution is 2.42. The highest BCUT2D eigenvalue weighted by molar-refractivity contribution is 6.35. The number of esters is 2. The largest absolute Gasteiger partial charge is 0.459 e. The molecule has 4 nitrogen and oxygen atoms in total. The molecule has 5 aromatic rings. The Morgan fingerprint density at radius 3 is 1.49 bits per heavy atom. The Labute approximate surface area is 228 Å². The second-order valence-electron chi connectivity index (χ2n) is 11.7. The molecule has 0 aromatic heterocycles. The van der Waals surface area contributed by atoms with Gasteiger partial charge in [-0.25, -0.2) is 9.59 Å². The molecule has 0 unspecified atom stereocenters. The fraction of sp³-hybridized carbons (Fsp3) is 0.371. The van der Waals surface area contributed by atoms with Crippen LogP contribution in [0.4, 0.5) is 0 Å². The van der Waals surface area contributed by atoms with Crippen molar-refractivity contribution in [3.63, 3.8) is 0 Å². The van der Waals surface area contributed by atoms with Gasteiger partial charge in [0.15, 0.2) is 0 Å². The van der Waals surface area contributed by atoms with E-state index in [1.807, 2.05) is 36.4 Å². The highest BCUT2D eigenvalue weighted by Gasteiger charge is 2.25. The van der Waals surface area contributed by atoms with Crippen molar-refractivity contribution in [3.8, 4) is 0 Å². The van der Waals surface area contributed by atoms with Crippen LogP contribution < -0.4 is 0 Å². The molecule has 198 valence electrons. The van der Waals surface area contributed by atoms with E-state index < -0.39 is 0 Å². The van der Waals surface area contributed by atoms with Crippen molar-refractivity contribution < 1.29 is 19.1 Å². The summed E-state index contributed by atoms with van der Waals surface area (Å²) in [7, 11) is 0. The number of ether oxygens (including phenoxy) is 2. The summed E-state index contributed by atoms with van der Waals surface area (Å²) in [5.74, 6) is 0.241. The fourth-order valence-electron chi connectivity index (χ4n) is 7.03. The summed E-state index contributed by atoms with van der Waals surface area (Å²) in [4.78, 5) is 26.7. The summed E-state index contributed by atoms with van der Waals surface area (Å²) in [6.45, 7) is 2.27. The fourth-order valence-corrected chi connectivity index (χ4v) is 7.03. The minimum absolute atomic E-state index is 0.000719. The Balaban J connectivity index is 1.34. The summed E-state index contributed by atoms with van der Waals surface area (Å²) >= 11 is 0. The van der Waals surface area contributed by atoms with Gasteiger partial charge in [0.1, 0.15) is 12.2 Å². The van der Waals surface area contributed by atoms with Gasteiger partial charge in [-0.15, -0.1) is 0 Å². The quantitative estimate of drug-likeness (QED) is 0.135. The molecule has 0 spiro atoms. The van der Waals surface area contributed by atoms with Crippen LogP contribution in [0.5, 0.6) is 0 Å². The third-order valence-electron chi connectivity index (χ3n) is 9.16. The molecule has 4 heteroatoms. The number of carbonyl (C=O) groups excluding carboxylic acids is 2. The lowest BCUT2D eigenvalue weighted by Gasteiger charge is -2.26. The van der Waals surface area contributed by atoms with Crippen molar-refractivity contribution in [1.82, 2.24) is 0 Å². The zero-order chi connectivity index (χ0) is 26.5. The molecule has 0 bridgehead atoms. The van der Waals surface area contributed by atoms with Gasteiger partial charge in [0.05, 0.1) is 11.1 Å². The van der Waals surface area contributed by atoms with E-state index in [2.05, 4.69) is 31.2 Å². The number of fused-ring (bicyclic) bond motifs is 2. The third kappa shape index (κ3) is 4.21. The first-order chi connectivity index (χ1) is 19.1. The van der Waals surface area contributed by atoms with E-state index in [4.69, 9.17) is 9.47 Å². The van der Waals surface area contributed by atoms with E-state index in [1.54, 1.807) is 0 Å². The van der Waals surface area contributed by atoms with Crippen molar-refractivity contribution in [3.05, 3.63) is 71.8 Å². The smallest absolute Gasteiger partial charge is 0.339 e. The van der Waals surface area contributed by atoms with Gasteiger partial charge in [0, 0.05) is 0 Å². The van der Waals surface area contributed by atoms with Gasteiger partial charge in [0.2, 0.25) is 0 Å². The van der Waals surface area contributed by atoms with Crippen molar-refractivity contribution >= 4 is 55.0 Å². The first kappa shape index (κ1) is 24.4. The van der Waals surface area contributed by atoms with Crippen LogP contribution >= 0.6 is 0 Å². The zero-order valence-electron chi connectivity index (χ0n) is 22.5. The average molecular weight is 519 g/mol. The standard InChI is InChI=1S/C35H34O4/c1-21-13-15-23(16-14-21)39-35(37)31-20-18-29-24-9-5-11-26-30(34(36)38-22-7-3-2-4-8-22)19-17-28(32(24)26)25-10-6-12-27(31)33(25)29/h5-6,9-12,17-23H,2-4,7-8,13-16H2,1H3/t21-,23-. The van der Waals surface area contributed by atoms with E-state index in [1.165, 1.54) is 6.42 Å². The van der Waals surface area contributed by atoms with Gasteiger partial charge in [0.25, 0.3) is 0 Å². The lowest BCUT2D eigenvalue weighted by Crippen LogP contribution is -2.23. The summed E-state index contributed by atoms with van der Waals surface area (Å²) in [5.41, 5.74) is 1.25. The first-order valence-electron chi connectivity index (χ1n) is 14.6. The Kier molecular flexibility index (Phi) is 6.14. The monoisotopic (exact) mass is 518 g/mol. The van der Waals surface area contributed by atoms with E-state index in [0.29, 0.717) is 17.0 Å². The van der Waals surface area contributed by atoms with Crippen LogP contribution in [0.3, 0.4) is 0 Å². The minimum Gasteiger partial charge on any atom is -0.459 e. The molecule has 5 aromatic carbocycles. The molecule has 0 amide bonds. The topological polar surface area (TPSA) is 52.6 Å². The van der Waals surface area contributed by atoms with Crippen LogP contribution in [0.25, 0.3) is 43.1 Å². The van der Waals surface area contributed by atoms with Crippen LogP contribution in [-0.4, -0.2) is 24.1 Å². The van der Waals surface area contributed by atoms with Crippen LogP contribution in [0.1, 0.15) is 85.4 Å². The van der Waals surface area contributed by atoms with Crippen molar-refractivity contribution in [1.29, 1.82) is 0 Å². The summed E-state index contributed by atoms with van der Waals surface area (Å²) in [6.07, 6.45) is 9.49. The normalized spacial score (nSPS) is 20.6. The molecule has 2 aliphatic rings. The maximum Gasteiger partial charge on any atom is 0.339 e. The third-order valence-corrected chi connectivity index (χ3v) is 9.16. The van der Waals surface area contributed by atoms with Gasteiger partial charge < -0.3 is 9.47 Å². The van der Waals surface area contributed by atoms with E-state index >= 15 is 0 Å². The lowest BCUT2D eigenvalue weighted by molar-refractivity contribution is 0.0174. The van der Waals surface area contributed by atoms with Crippen LogP contribution in [0.15, 0.2) is 60.7 Å². The van der Waals surface area contributed by atoms with Crippen molar-refractivity contribution in [2.75, 3.05) is 0 Å². The van der Waals surface area contributed by atoms with Crippen LogP contribution in [-0.2, 0) is 9.47 Å². The molecule has 2 aliphatic carbocycles. The Hall–Kier alpha value is -3.66. The molecular weight excluding hydrogens is 484 g/mol. The molecular formula is C35H34O4. The molecule has 0 radical (unpaired) electrons. The second-order valence-corrected chi connectivity index (χ2v) is 11.7. The number of hydrogen-bond acceptors (Lipinski definition) is 4. The number of rotatable bonds is 4. The Morgan fingerprint density at radius 2 is 0.974 bits per heavy atom. The zero-order valence-corrected chi connectivity index (χ0v) is 22.5. The second kappa shape index (κ2) is 9.82. The van der Waals surface area contributed by atoms with Gasteiger partial charge in [-0.2, -0.15) is 0 Å². The molecule has 7 rings (SSSR count). The van der Waals surface area contributed by atoms with Crippen LogP contribution in [0, 0.1) is 5.92 Å². The molecule has 0 saturated heterocycles. The summed E-state index contributed by atoms with van der Waals surface area (Å²) < 4.78 is 12.0. The number of benzene rings is 5. The predicted molar refractivity (Wildman–Crippen MR) is 157 cm³/mol. The van der Waals surface area contributed by atoms with Crippen molar-refractivity contribution in [2.45, 2.75) is 76.9 Å². The summed E-state index contributed by atoms with van der Waals surface area (Å²) in [5, 5.41) is 8.31. The maximum absolute atomic E-state index is 13.4. The average Bonchev–Trinajstić information content (AvgIpc) is 2.97. The first-order valence-corrected chi connectivity index (χ1v) is 14.6. The highest BCUT2D eigenvalue weighted by atomic mass is 16.5. The molecule has 2 fully saturated rings. The predicted octanol–water partition coefficient (Wildman–Crippen LogP) is 8.96. The summed E-state index contributed by atoms with van der Waals surface area (Å²) in [6, 6.07) is 20.3. The molecule has 39 heavy (non-hydrogen) atoms. The van der Waals surface area contributed by atoms with Crippen molar-refractivity contribution in [2.24, 2.45) is 5.92 Å². The Morgan fingerprint density at radius 1 is 0.538 bits per heavy atom. The molecule has 0 N–H and O–H groups in total. The number of hydrogen-bond donors (Lipinski definition) is 0. The van der Waals surface area contributed by atoms with Gasteiger partial charge in [-0.3, -0.25) is 0 Å². The molecule has 2 saturated carbocycles. The SMILES string of the molecule is C[C@H]1CC[C@H](OC(=O)c2ccc3c4cccc5c(C(=O)OC6CCCCC6)ccc(c6cccc2c63)c54)CC1. The Bertz CT molecular complexity index is 1680. The van der Waals surface area contributed by atoms with Gasteiger partial charge in [-0.05, 0) is 113 Å². The molecule has 0 atom stereocenters. The molecule has 0 heterocycles. The maximum atomic E-state index is 13.4. The van der Waals surface area contributed by atoms with Crippen LogP contribution in [0.2, 0.25) is 0 Å². The van der Waals surface area contributed by atoms with Gasteiger partial charge in [-0.1, -0.05) is 61.9 Å².